The molecule has 1 N–H and O–H groups in total. The smallest absolute Gasteiger partial charge is 0.257 e. The first kappa shape index (κ1) is 22.1. The molecule has 0 saturated carbocycles. The molecule has 1 aromatic rings. The van der Waals surface area contributed by atoms with E-state index in [0.29, 0.717) is 50.1 Å². The number of hydrogen-bond acceptors (Lipinski definition) is 6. The van der Waals surface area contributed by atoms with Crippen molar-refractivity contribution in [3.63, 3.8) is 0 Å². The van der Waals surface area contributed by atoms with Crippen LogP contribution in [0.15, 0.2) is 23.1 Å². The molecule has 2 saturated heterocycles. The molecular weight excluding hydrogens is 414 g/mol. The average molecular weight is 442 g/mol. The molecule has 2 aliphatic rings. The van der Waals surface area contributed by atoms with Crippen molar-refractivity contribution in [1.82, 2.24) is 14.5 Å². The van der Waals surface area contributed by atoms with E-state index in [4.69, 9.17) is 21.7 Å². The van der Waals surface area contributed by atoms with Crippen LogP contribution in [-0.2, 0) is 19.5 Å². The van der Waals surface area contributed by atoms with E-state index >= 15 is 0 Å². The quantitative estimate of drug-likeness (QED) is 0.704. The molecule has 0 unspecified atom stereocenters. The number of ether oxygens (including phenoxy) is 2. The third kappa shape index (κ3) is 5.13. The normalized spacial score (nSPS) is 23.6. The third-order valence-electron chi connectivity index (χ3n) is 4.99. The fourth-order valence-corrected chi connectivity index (χ4v) is 5.21. The number of sulfonamides is 1. The van der Waals surface area contributed by atoms with E-state index in [9.17, 15) is 13.2 Å². The molecule has 3 rings (SSSR count). The van der Waals surface area contributed by atoms with Gasteiger partial charge in [-0.25, -0.2) is 8.42 Å². The van der Waals surface area contributed by atoms with E-state index in [1.165, 1.54) is 16.4 Å². The Morgan fingerprint density at radius 1 is 1.17 bits per heavy atom. The summed E-state index contributed by atoms with van der Waals surface area (Å²) >= 11 is 5.41. The van der Waals surface area contributed by atoms with Crippen LogP contribution in [0.25, 0.3) is 0 Å². The van der Waals surface area contributed by atoms with Crippen LogP contribution in [-0.4, -0.2) is 80.2 Å². The number of carbonyl (C=O) groups excluding carboxylic acids is 1. The molecule has 2 fully saturated rings. The van der Waals surface area contributed by atoms with Crippen LogP contribution in [0.4, 0.5) is 0 Å². The molecule has 0 aromatic heterocycles. The zero-order valence-electron chi connectivity index (χ0n) is 16.9. The molecule has 0 spiro atoms. The fraction of sp³-hybridized carbons (Fsp3) is 0.579. The lowest BCUT2D eigenvalue weighted by molar-refractivity contribution is -0.0481. The maximum absolute atomic E-state index is 12.9. The lowest BCUT2D eigenvalue weighted by Crippen LogP contribution is -2.52. The number of nitrogens with zero attached hydrogens (tertiary/aromatic N) is 2. The Hall–Kier alpha value is -1.59. The van der Waals surface area contributed by atoms with E-state index in [2.05, 4.69) is 5.32 Å². The lowest BCUT2D eigenvalue weighted by Gasteiger charge is -2.36. The molecule has 10 heteroatoms. The van der Waals surface area contributed by atoms with E-state index in [0.717, 1.165) is 0 Å². The maximum Gasteiger partial charge on any atom is 0.257 e. The predicted octanol–water partition coefficient (Wildman–Crippen LogP) is 1.14. The van der Waals surface area contributed by atoms with Gasteiger partial charge in [0.15, 0.2) is 5.11 Å². The highest BCUT2D eigenvalue weighted by Gasteiger charge is 2.28. The SMILES string of the molecule is Cc1ccc(S(=O)(=O)N2CCOCC2)cc1C(=O)NC(=S)N1C[C@H](C)O[C@@H](C)C1. The Morgan fingerprint density at radius 2 is 1.79 bits per heavy atom. The average Bonchev–Trinajstić information content (AvgIpc) is 2.68. The molecular formula is C19H27N3O5S2. The highest BCUT2D eigenvalue weighted by Crippen LogP contribution is 2.21. The molecule has 0 radical (unpaired) electrons. The second-order valence-corrected chi connectivity index (χ2v) is 9.74. The molecule has 2 heterocycles. The monoisotopic (exact) mass is 441 g/mol. The van der Waals surface area contributed by atoms with Crippen molar-refractivity contribution in [1.29, 1.82) is 0 Å². The van der Waals surface area contributed by atoms with Gasteiger partial charge in [-0.3, -0.25) is 10.1 Å². The minimum absolute atomic E-state index is 0.0114. The minimum atomic E-state index is -3.68. The van der Waals surface area contributed by atoms with Gasteiger partial charge in [0.2, 0.25) is 10.0 Å². The van der Waals surface area contributed by atoms with E-state index in [1.807, 2.05) is 18.7 Å². The van der Waals surface area contributed by atoms with Crippen LogP contribution in [0.3, 0.4) is 0 Å². The molecule has 0 bridgehead atoms. The number of benzene rings is 1. The topological polar surface area (TPSA) is 88.2 Å². The van der Waals surface area contributed by atoms with Crippen LogP contribution in [0.1, 0.15) is 29.8 Å². The molecule has 0 aliphatic carbocycles. The first-order chi connectivity index (χ1) is 13.7. The van der Waals surface area contributed by atoms with Crippen molar-refractivity contribution >= 4 is 33.3 Å². The van der Waals surface area contributed by atoms with Gasteiger partial charge >= 0.3 is 0 Å². The largest absolute Gasteiger partial charge is 0.379 e. The predicted molar refractivity (Wildman–Crippen MR) is 112 cm³/mol. The van der Waals surface area contributed by atoms with Crippen LogP contribution in [0, 0.1) is 6.92 Å². The highest BCUT2D eigenvalue weighted by molar-refractivity contribution is 7.89. The number of amides is 1. The number of morpholine rings is 2. The van der Waals surface area contributed by atoms with Crippen molar-refractivity contribution in [2.45, 2.75) is 37.9 Å². The summed E-state index contributed by atoms with van der Waals surface area (Å²) in [5.74, 6) is -0.418. The van der Waals surface area contributed by atoms with Crippen molar-refractivity contribution in [3.05, 3.63) is 29.3 Å². The molecule has 8 nitrogen and oxygen atoms in total. The second-order valence-electron chi connectivity index (χ2n) is 7.41. The molecule has 1 aromatic carbocycles. The van der Waals surface area contributed by atoms with Crippen molar-refractivity contribution < 1.29 is 22.7 Å². The molecule has 160 valence electrons. The van der Waals surface area contributed by atoms with Gasteiger partial charge in [0.1, 0.15) is 0 Å². The van der Waals surface area contributed by atoms with Crippen LogP contribution < -0.4 is 5.32 Å². The fourth-order valence-electron chi connectivity index (χ4n) is 3.53. The number of aryl methyl sites for hydroxylation is 1. The lowest BCUT2D eigenvalue weighted by atomic mass is 10.1. The van der Waals surface area contributed by atoms with Gasteiger partial charge in [0.05, 0.1) is 30.3 Å². The Balaban J connectivity index is 1.77. The molecule has 1 amide bonds. The standard InChI is InChI=1S/C19H27N3O5S2/c1-13-4-5-16(29(24,25)22-6-8-26-9-7-22)10-17(13)18(23)20-19(28)21-11-14(2)27-15(3)12-21/h4-5,10,14-15H,6-9,11-12H2,1-3H3,(H,20,23,28)/t14-,15-/m0/s1. The van der Waals surface area contributed by atoms with Gasteiger partial charge in [-0.05, 0) is 50.7 Å². The number of carbonyl (C=O) groups is 1. The Labute approximate surface area is 177 Å². The zero-order valence-corrected chi connectivity index (χ0v) is 18.5. The van der Waals surface area contributed by atoms with E-state index < -0.39 is 15.9 Å². The van der Waals surface area contributed by atoms with Crippen molar-refractivity contribution in [3.8, 4) is 0 Å². The molecule has 29 heavy (non-hydrogen) atoms. The zero-order chi connectivity index (χ0) is 21.2. The Kier molecular flexibility index (Phi) is 6.90. The number of hydrogen-bond donors (Lipinski definition) is 1. The van der Waals surface area contributed by atoms with Gasteiger partial charge in [0.25, 0.3) is 5.91 Å². The van der Waals surface area contributed by atoms with E-state index in [-0.39, 0.29) is 22.7 Å². The summed E-state index contributed by atoms with van der Waals surface area (Å²) in [6.45, 7) is 8.19. The number of nitrogens with one attached hydrogen (secondary N) is 1. The van der Waals surface area contributed by atoms with Crippen LogP contribution in [0.2, 0.25) is 0 Å². The number of thiocarbonyl (C=S) groups is 1. The first-order valence-corrected chi connectivity index (χ1v) is 11.5. The number of rotatable bonds is 3. The van der Waals surface area contributed by atoms with Gasteiger partial charge in [0, 0.05) is 31.7 Å². The van der Waals surface area contributed by atoms with E-state index in [1.54, 1.807) is 13.0 Å². The van der Waals surface area contributed by atoms with Crippen molar-refractivity contribution in [2.24, 2.45) is 0 Å². The minimum Gasteiger partial charge on any atom is -0.379 e. The molecule has 2 aliphatic heterocycles. The van der Waals surface area contributed by atoms with Crippen LogP contribution >= 0.6 is 12.2 Å². The third-order valence-corrected chi connectivity index (χ3v) is 7.24. The Morgan fingerprint density at radius 3 is 2.41 bits per heavy atom. The van der Waals surface area contributed by atoms with Crippen molar-refractivity contribution in [2.75, 3.05) is 39.4 Å². The Bertz CT molecular complexity index is 874. The van der Waals surface area contributed by atoms with Gasteiger partial charge in [-0.2, -0.15) is 4.31 Å². The summed E-state index contributed by atoms with van der Waals surface area (Å²) < 4.78 is 38.1. The summed E-state index contributed by atoms with van der Waals surface area (Å²) in [7, 11) is -3.68. The first-order valence-electron chi connectivity index (χ1n) is 9.62. The summed E-state index contributed by atoms with van der Waals surface area (Å²) in [6, 6.07) is 4.59. The summed E-state index contributed by atoms with van der Waals surface area (Å²) in [5, 5.41) is 3.06. The van der Waals surface area contributed by atoms with Gasteiger partial charge in [-0.15, -0.1) is 0 Å². The summed E-state index contributed by atoms with van der Waals surface area (Å²) in [4.78, 5) is 14.8. The van der Waals surface area contributed by atoms with Crippen LogP contribution in [0.5, 0.6) is 0 Å². The highest BCUT2D eigenvalue weighted by atomic mass is 32.2. The summed E-state index contributed by atoms with van der Waals surface area (Å²) in [5.41, 5.74) is 0.964. The summed E-state index contributed by atoms with van der Waals surface area (Å²) in [6.07, 6.45) is 0.0228. The van der Waals surface area contributed by atoms with Gasteiger partial charge in [-0.1, -0.05) is 6.07 Å². The second kappa shape index (κ2) is 9.05. The maximum atomic E-state index is 12.9. The molecule has 2 atom stereocenters. The van der Waals surface area contributed by atoms with Gasteiger partial charge < -0.3 is 14.4 Å².